The van der Waals surface area contributed by atoms with Gasteiger partial charge in [-0.15, -0.1) is 0 Å². The number of nitrogens with zero attached hydrogens (tertiary/aromatic N) is 2. The Kier molecular flexibility index (Phi) is 4.63. The molecule has 1 N–H and O–H groups in total. The maximum Gasteiger partial charge on any atom is 0.330 e. The Labute approximate surface area is 165 Å². The molecule has 6 nitrogen and oxygen atoms in total. The number of rotatable bonds is 3. The number of aromatic nitrogens is 2. The highest BCUT2D eigenvalue weighted by molar-refractivity contribution is 7.89. The Bertz CT molecular complexity index is 1230. The van der Waals surface area contributed by atoms with E-state index in [0.717, 1.165) is 16.7 Å². The molecule has 0 fully saturated rings. The van der Waals surface area contributed by atoms with Crippen LogP contribution in [-0.4, -0.2) is 35.4 Å². The van der Waals surface area contributed by atoms with Gasteiger partial charge >= 0.3 is 5.69 Å². The van der Waals surface area contributed by atoms with Crippen LogP contribution in [0.25, 0.3) is 16.7 Å². The molecule has 1 aromatic heterocycles. The molecular formula is C18H15Cl2N3O3S. The molecule has 0 bridgehead atoms. The van der Waals surface area contributed by atoms with Gasteiger partial charge in [0.15, 0.2) is 0 Å². The Morgan fingerprint density at radius 2 is 1.85 bits per heavy atom. The molecule has 0 saturated heterocycles. The molecule has 140 valence electrons. The Morgan fingerprint density at radius 3 is 2.59 bits per heavy atom. The molecular weight excluding hydrogens is 409 g/mol. The first-order valence-corrected chi connectivity index (χ1v) is 10.4. The van der Waals surface area contributed by atoms with Crippen LogP contribution >= 0.6 is 23.2 Å². The number of aromatic amines is 1. The average Bonchev–Trinajstić information content (AvgIpc) is 2.99. The van der Waals surface area contributed by atoms with Crippen molar-refractivity contribution in [3.8, 4) is 0 Å². The zero-order valence-corrected chi connectivity index (χ0v) is 16.4. The summed E-state index contributed by atoms with van der Waals surface area (Å²) in [5.41, 5.74) is 2.03. The standard InChI is InChI=1S/C18H15Cl2N3O3S/c19-12-5-6-14(20)17(11-12)27(25,26)22-9-7-13(8-10-22)23-16-4-2-1-3-15(16)21-18(23)24/h1-7,11H,8-10H2,(H,21,24). The van der Waals surface area contributed by atoms with Gasteiger partial charge in [-0.3, -0.25) is 4.57 Å². The fourth-order valence-corrected chi connectivity index (χ4v) is 5.33. The Morgan fingerprint density at radius 1 is 1.07 bits per heavy atom. The van der Waals surface area contributed by atoms with E-state index in [1.807, 2.05) is 24.3 Å². The van der Waals surface area contributed by atoms with Gasteiger partial charge in [-0.2, -0.15) is 4.31 Å². The van der Waals surface area contributed by atoms with Crippen molar-refractivity contribution in [1.29, 1.82) is 0 Å². The number of fused-ring (bicyclic) bond motifs is 1. The smallest absolute Gasteiger partial charge is 0.305 e. The maximum atomic E-state index is 12.9. The van der Waals surface area contributed by atoms with E-state index in [1.54, 1.807) is 16.7 Å². The molecule has 0 radical (unpaired) electrons. The lowest BCUT2D eigenvalue weighted by Gasteiger charge is -2.26. The van der Waals surface area contributed by atoms with E-state index >= 15 is 0 Å². The number of hydrogen-bond acceptors (Lipinski definition) is 3. The minimum atomic E-state index is -3.78. The molecule has 1 aliphatic rings. The van der Waals surface area contributed by atoms with E-state index in [2.05, 4.69) is 4.98 Å². The molecule has 0 unspecified atom stereocenters. The van der Waals surface area contributed by atoms with Crippen LogP contribution < -0.4 is 5.69 Å². The largest absolute Gasteiger partial charge is 0.330 e. The predicted octanol–water partition coefficient (Wildman–Crippen LogP) is 3.57. The molecule has 0 amide bonds. The van der Waals surface area contributed by atoms with E-state index in [1.165, 1.54) is 16.4 Å². The molecule has 0 saturated carbocycles. The third kappa shape index (κ3) is 3.21. The van der Waals surface area contributed by atoms with Crippen LogP contribution in [0.4, 0.5) is 0 Å². The maximum absolute atomic E-state index is 12.9. The topological polar surface area (TPSA) is 75.2 Å². The number of H-pyrrole nitrogens is 1. The van der Waals surface area contributed by atoms with Gasteiger partial charge in [-0.25, -0.2) is 13.2 Å². The SMILES string of the molecule is O=c1[nH]c2ccccc2n1C1=CCN(S(=O)(=O)c2cc(Cl)ccc2Cl)CC1. The molecule has 4 rings (SSSR count). The first kappa shape index (κ1) is 18.3. The van der Waals surface area contributed by atoms with E-state index in [0.29, 0.717) is 11.4 Å². The first-order chi connectivity index (χ1) is 12.9. The number of para-hydroxylation sites is 2. The molecule has 0 aliphatic carbocycles. The summed E-state index contributed by atoms with van der Waals surface area (Å²) in [4.78, 5) is 15.1. The second-order valence-corrected chi connectivity index (χ2v) is 8.92. The Hall–Kier alpha value is -2.06. The number of nitrogens with one attached hydrogen (secondary N) is 1. The van der Waals surface area contributed by atoms with E-state index in [-0.39, 0.29) is 28.7 Å². The van der Waals surface area contributed by atoms with E-state index in [9.17, 15) is 13.2 Å². The van der Waals surface area contributed by atoms with E-state index < -0.39 is 10.0 Å². The summed E-state index contributed by atoms with van der Waals surface area (Å²) in [5, 5.41) is 0.429. The van der Waals surface area contributed by atoms with Crippen LogP contribution in [0.5, 0.6) is 0 Å². The third-order valence-electron chi connectivity index (χ3n) is 4.54. The second-order valence-electron chi connectivity index (χ2n) is 6.17. The van der Waals surface area contributed by atoms with Crippen LogP contribution in [-0.2, 0) is 10.0 Å². The van der Waals surface area contributed by atoms with Crippen LogP contribution in [0.2, 0.25) is 10.0 Å². The highest BCUT2D eigenvalue weighted by Gasteiger charge is 2.29. The predicted molar refractivity (Wildman–Crippen MR) is 107 cm³/mol. The zero-order valence-electron chi connectivity index (χ0n) is 14.0. The van der Waals surface area contributed by atoms with Gasteiger partial charge in [0.2, 0.25) is 10.0 Å². The normalized spacial score (nSPS) is 15.9. The molecule has 1 aliphatic heterocycles. The van der Waals surface area contributed by atoms with Gasteiger partial charge in [0.25, 0.3) is 0 Å². The summed E-state index contributed by atoms with van der Waals surface area (Å²) in [6, 6.07) is 11.7. The number of halogens is 2. The van der Waals surface area contributed by atoms with Crippen molar-refractivity contribution < 1.29 is 8.42 Å². The summed E-state index contributed by atoms with van der Waals surface area (Å²) in [6.07, 6.45) is 2.15. The van der Waals surface area contributed by atoms with Crippen molar-refractivity contribution in [3.63, 3.8) is 0 Å². The highest BCUT2D eigenvalue weighted by Crippen LogP contribution is 2.30. The van der Waals surface area contributed by atoms with Gasteiger partial charge in [0.05, 0.1) is 16.1 Å². The molecule has 3 aromatic rings. The fourth-order valence-electron chi connectivity index (χ4n) is 3.22. The quantitative estimate of drug-likeness (QED) is 0.699. The summed E-state index contributed by atoms with van der Waals surface area (Å²) in [5.74, 6) is 0. The van der Waals surface area contributed by atoms with Gasteiger partial charge in [0.1, 0.15) is 4.90 Å². The molecule has 0 spiro atoms. The summed E-state index contributed by atoms with van der Waals surface area (Å²) < 4.78 is 28.7. The first-order valence-electron chi connectivity index (χ1n) is 8.22. The Balaban J connectivity index is 1.68. The minimum absolute atomic E-state index is 0.0159. The van der Waals surface area contributed by atoms with Crippen molar-refractivity contribution in [2.75, 3.05) is 13.1 Å². The minimum Gasteiger partial charge on any atom is -0.305 e. The van der Waals surface area contributed by atoms with Crippen LogP contribution in [0.15, 0.2) is 58.2 Å². The lowest BCUT2D eigenvalue weighted by atomic mass is 10.2. The molecule has 9 heteroatoms. The number of hydrogen-bond donors (Lipinski definition) is 1. The van der Waals surface area contributed by atoms with Crippen molar-refractivity contribution in [1.82, 2.24) is 13.9 Å². The summed E-state index contributed by atoms with van der Waals surface area (Å²) in [6.45, 7) is 0.384. The van der Waals surface area contributed by atoms with E-state index in [4.69, 9.17) is 23.2 Å². The molecule has 0 atom stereocenters. The second kappa shape index (κ2) is 6.83. The summed E-state index contributed by atoms with van der Waals surface area (Å²) >= 11 is 12.0. The van der Waals surface area contributed by atoms with Gasteiger partial charge in [-0.05, 0) is 36.4 Å². The lowest BCUT2D eigenvalue weighted by Crippen LogP contribution is -2.36. The third-order valence-corrected chi connectivity index (χ3v) is 7.12. The van der Waals surface area contributed by atoms with Crippen LogP contribution in [0, 0.1) is 0 Å². The molecule has 2 heterocycles. The number of benzene rings is 2. The number of sulfonamides is 1. The van der Waals surface area contributed by atoms with Crippen molar-refractivity contribution in [2.45, 2.75) is 11.3 Å². The molecule has 27 heavy (non-hydrogen) atoms. The lowest BCUT2D eigenvalue weighted by molar-refractivity contribution is 0.438. The summed E-state index contributed by atoms with van der Waals surface area (Å²) in [7, 11) is -3.78. The monoisotopic (exact) mass is 423 g/mol. The van der Waals surface area contributed by atoms with Gasteiger partial charge in [-0.1, -0.05) is 35.3 Å². The van der Waals surface area contributed by atoms with Gasteiger partial charge in [0, 0.05) is 30.2 Å². The van der Waals surface area contributed by atoms with Crippen LogP contribution in [0.3, 0.4) is 0 Å². The highest BCUT2D eigenvalue weighted by atomic mass is 35.5. The number of imidazole rings is 1. The zero-order chi connectivity index (χ0) is 19.2. The van der Waals surface area contributed by atoms with Crippen molar-refractivity contribution in [3.05, 3.63) is 69.1 Å². The van der Waals surface area contributed by atoms with Crippen molar-refractivity contribution in [2.24, 2.45) is 0 Å². The molecule has 2 aromatic carbocycles. The van der Waals surface area contributed by atoms with Gasteiger partial charge < -0.3 is 4.98 Å². The average molecular weight is 424 g/mol. The van der Waals surface area contributed by atoms with Crippen molar-refractivity contribution >= 4 is 50.0 Å². The van der Waals surface area contributed by atoms with Crippen LogP contribution in [0.1, 0.15) is 6.42 Å². The fraction of sp³-hybridized carbons (Fsp3) is 0.167.